The Bertz CT molecular complexity index is 266. The molecule has 14 heavy (non-hydrogen) atoms. The number of aromatic nitrogens is 1. The van der Waals surface area contributed by atoms with Gasteiger partial charge in [-0.15, -0.1) is 0 Å². The molecule has 1 aromatic rings. The summed E-state index contributed by atoms with van der Waals surface area (Å²) in [4.78, 5) is 4.25. The topological polar surface area (TPSA) is 24.9 Å². The quantitative estimate of drug-likeness (QED) is 0.792. The van der Waals surface area contributed by atoms with E-state index in [4.69, 9.17) is 0 Å². The molecule has 1 N–H and O–H groups in total. The SMILES string of the molecule is CCC(C)C(C)Nc1ccc(C)nc1. The Labute approximate surface area is 86.8 Å². The molecule has 1 aromatic heterocycles. The van der Waals surface area contributed by atoms with Crippen molar-refractivity contribution >= 4 is 5.69 Å². The molecule has 0 amide bonds. The first-order valence-electron chi connectivity index (χ1n) is 5.32. The van der Waals surface area contributed by atoms with Crippen molar-refractivity contribution in [1.29, 1.82) is 0 Å². The molecule has 0 aliphatic carbocycles. The average Bonchev–Trinajstić information content (AvgIpc) is 2.20. The summed E-state index contributed by atoms with van der Waals surface area (Å²) in [6.45, 7) is 8.70. The number of nitrogens with one attached hydrogen (secondary N) is 1. The lowest BCUT2D eigenvalue weighted by molar-refractivity contribution is 0.494. The summed E-state index contributed by atoms with van der Waals surface area (Å²) < 4.78 is 0. The summed E-state index contributed by atoms with van der Waals surface area (Å²) in [6, 6.07) is 4.62. The number of hydrogen-bond donors (Lipinski definition) is 1. The summed E-state index contributed by atoms with van der Waals surface area (Å²) >= 11 is 0. The van der Waals surface area contributed by atoms with Gasteiger partial charge in [0.2, 0.25) is 0 Å². The van der Waals surface area contributed by atoms with Crippen LogP contribution in [0.25, 0.3) is 0 Å². The summed E-state index contributed by atoms with van der Waals surface area (Å²) in [7, 11) is 0. The highest BCUT2D eigenvalue weighted by atomic mass is 14.9. The molecule has 0 aliphatic rings. The maximum atomic E-state index is 4.25. The molecular weight excluding hydrogens is 172 g/mol. The summed E-state index contributed by atoms with van der Waals surface area (Å²) in [6.07, 6.45) is 3.10. The fraction of sp³-hybridized carbons (Fsp3) is 0.583. The molecule has 2 atom stereocenters. The first kappa shape index (κ1) is 11.0. The Morgan fingerprint density at radius 3 is 2.57 bits per heavy atom. The van der Waals surface area contributed by atoms with Gasteiger partial charge < -0.3 is 5.32 Å². The van der Waals surface area contributed by atoms with Crippen molar-refractivity contribution in [2.45, 2.75) is 40.2 Å². The van der Waals surface area contributed by atoms with Gasteiger partial charge in [0.1, 0.15) is 0 Å². The molecule has 1 rings (SSSR count). The minimum Gasteiger partial charge on any atom is -0.381 e. The van der Waals surface area contributed by atoms with Crippen molar-refractivity contribution in [2.75, 3.05) is 5.32 Å². The minimum atomic E-state index is 0.504. The van der Waals surface area contributed by atoms with Crippen LogP contribution in [0, 0.1) is 12.8 Å². The second kappa shape index (κ2) is 4.99. The molecule has 0 bridgehead atoms. The third-order valence-electron chi connectivity index (χ3n) is 2.80. The summed E-state index contributed by atoms with van der Waals surface area (Å²) in [5.41, 5.74) is 2.18. The Kier molecular flexibility index (Phi) is 3.93. The first-order valence-corrected chi connectivity index (χ1v) is 5.32. The van der Waals surface area contributed by atoms with Gasteiger partial charge in [-0.3, -0.25) is 4.98 Å². The number of anilines is 1. The van der Waals surface area contributed by atoms with Crippen molar-refractivity contribution < 1.29 is 0 Å². The van der Waals surface area contributed by atoms with E-state index in [1.54, 1.807) is 0 Å². The lowest BCUT2D eigenvalue weighted by Gasteiger charge is -2.20. The molecule has 0 aromatic carbocycles. The van der Waals surface area contributed by atoms with Crippen LogP contribution in [0.15, 0.2) is 18.3 Å². The van der Waals surface area contributed by atoms with Gasteiger partial charge in [-0.1, -0.05) is 20.3 Å². The molecule has 0 fully saturated rings. The monoisotopic (exact) mass is 192 g/mol. The zero-order valence-electron chi connectivity index (χ0n) is 9.54. The Hall–Kier alpha value is -1.05. The van der Waals surface area contributed by atoms with E-state index in [-0.39, 0.29) is 0 Å². The number of nitrogens with zero attached hydrogens (tertiary/aromatic N) is 1. The Morgan fingerprint density at radius 1 is 1.36 bits per heavy atom. The molecule has 0 spiro atoms. The minimum absolute atomic E-state index is 0.504. The number of rotatable bonds is 4. The van der Waals surface area contributed by atoms with Crippen LogP contribution in [-0.2, 0) is 0 Å². The van der Waals surface area contributed by atoms with Gasteiger partial charge in [0.15, 0.2) is 0 Å². The van der Waals surface area contributed by atoms with Gasteiger partial charge in [-0.05, 0) is 31.9 Å². The standard InChI is InChI=1S/C12H20N2/c1-5-9(2)11(4)14-12-7-6-10(3)13-8-12/h6-9,11,14H,5H2,1-4H3. The fourth-order valence-corrected chi connectivity index (χ4v) is 1.31. The van der Waals surface area contributed by atoms with E-state index in [0.29, 0.717) is 12.0 Å². The van der Waals surface area contributed by atoms with Gasteiger partial charge in [-0.2, -0.15) is 0 Å². The smallest absolute Gasteiger partial charge is 0.0529 e. The third-order valence-corrected chi connectivity index (χ3v) is 2.80. The van der Waals surface area contributed by atoms with E-state index in [9.17, 15) is 0 Å². The van der Waals surface area contributed by atoms with E-state index in [1.165, 1.54) is 6.42 Å². The first-order chi connectivity index (χ1) is 6.63. The number of pyridine rings is 1. The number of hydrogen-bond acceptors (Lipinski definition) is 2. The third kappa shape index (κ3) is 3.02. The predicted molar refractivity (Wildman–Crippen MR) is 61.5 cm³/mol. The van der Waals surface area contributed by atoms with Crippen LogP contribution < -0.4 is 5.32 Å². The molecule has 0 aliphatic heterocycles. The van der Waals surface area contributed by atoms with Crippen molar-refractivity contribution in [3.05, 3.63) is 24.0 Å². The summed E-state index contributed by atoms with van der Waals surface area (Å²) in [5, 5.41) is 3.46. The van der Waals surface area contributed by atoms with Gasteiger partial charge in [0.25, 0.3) is 0 Å². The largest absolute Gasteiger partial charge is 0.381 e. The molecule has 78 valence electrons. The second-order valence-corrected chi connectivity index (χ2v) is 4.01. The van der Waals surface area contributed by atoms with Crippen LogP contribution in [0.2, 0.25) is 0 Å². The maximum absolute atomic E-state index is 4.25. The van der Waals surface area contributed by atoms with Crippen molar-refractivity contribution in [2.24, 2.45) is 5.92 Å². The second-order valence-electron chi connectivity index (χ2n) is 4.01. The van der Waals surface area contributed by atoms with Crippen LogP contribution in [0.5, 0.6) is 0 Å². The van der Waals surface area contributed by atoms with E-state index in [1.807, 2.05) is 19.2 Å². The number of aryl methyl sites for hydroxylation is 1. The Morgan fingerprint density at radius 2 is 2.07 bits per heavy atom. The highest BCUT2D eigenvalue weighted by molar-refractivity contribution is 5.41. The zero-order chi connectivity index (χ0) is 10.6. The van der Waals surface area contributed by atoms with Crippen LogP contribution in [0.1, 0.15) is 32.9 Å². The van der Waals surface area contributed by atoms with Gasteiger partial charge >= 0.3 is 0 Å². The maximum Gasteiger partial charge on any atom is 0.0529 e. The van der Waals surface area contributed by atoms with E-state index in [0.717, 1.165) is 11.4 Å². The molecule has 0 saturated carbocycles. The fourth-order valence-electron chi connectivity index (χ4n) is 1.31. The molecule has 0 saturated heterocycles. The normalized spacial score (nSPS) is 14.9. The van der Waals surface area contributed by atoms with Gasteiger partial charge in [0.05, 0.1) is 11.9 Å². The zero-order valence-corrected chi connectivity index (χ0v) is 9.54. The van der Waals surface area contributed by atoms with Crippen LogP contribution in [0.3, 0.4) is 0 Å². The van der Waals surface area contributed by atoms with Crippen LogP contribution in [0.4, 0.5) is 5.69 Å². The van der Waals surface area contributed by atoms with Crippen LogP contribution >= 0.6 is 0 Å². The Balaban J connectivity index is 2.56. The predicted octanol–water partition coefficient (Wildman–Crippen LogP) is 3.24. The van der Waals surface area contributed by atoms with E-state index < -0.39 is 0 Å². The average molecular weight is 192 g/mol. The van der Waals surface area contributed by atoms with E-state index >= 15 is 0 Å². The molecule has 2 heteroatoms. The lowest BCUT2D eigenvalue weighted by atomic mass is 10.0. The molecular formula is C12H20N2. The van der Waals surface area contributed by atoms with Gasteiger partial charge in [-0.25, -0.2) is 0 Å². The molecule has 2 unspecified atom stereocenters. The highest BCUT2D eigenvalue weighted by Crippen LogP contribution is 2.13. The lowest BCUT2D eigenvalue weighted by Crippen LogP contribution is -2.23. The van der Waals surface area contributed by atoms with Crippen molar-refractivity contribution in [3.8, 4) is 0 Å². The molecule has 2 nitrogen and oxygen atoms in total. The molecule has 0 radical (unpaired) electrons. The van der Waals surface area contributed by atoms with E-state index in [2.05, 4.69) is 37.1 Å². The van der Waals surface area contributed by atoms with Gasteiger partial charge in [0, 0.05) is 11.7 Å². The van der Waals surface area contributed by atoms with Crippen molar-refractivity contribution in [1.82, 2.24) is 4.98 Å². The summed E-state index contributed by atoms with van der Waals surface area (Å²) in [5.74, 6) is 0.691. The van der Waals surface area contributed by atoms with Crippen molar-refractivity contribution in [3.63, 3.8) is 0 Å². The highest BCUT2D eigenvalue weighted by Gasteiger charge is 2.09. The van der Waals surface area contributed by atoms with Crippen LogP contribution in [-0.4, -0.2) is 11.0 Å². The molecule has 1 heterocycles.